The summed E-state index contributed by atoms with van der Waals surface area (Å²) >= 11 is 3.10. The quantitative estimate of drug-likeness (QED) is 0.254. The Hall–Kier alpha value is -2.50. The minimum atomic E-state index is -0.223. The zero-order valence-electron chi connectivity index (χ0n) is 14.1. The number of hydrogen-bond donors (Lipinski definition) is 0. The summed E-state index contributed by atoms with van der Waals surface area (Å²) in [4.78, 5) is 22.6. The fourth-order valence-electron chi connectivity index (χ4n) is 2.83. The van der Waals surface area contributed by atoms with Crippen LogP contribution in [0.1, 0.15) is 17.3 Å². The van der Waals surface area contributed by atoms with Gasteiger partial charge in [0.15, 0.2) is 5.78 Å². The maximum Gasteiger partial charge on any atom is 0.175 e. The summed E-state index contributed by atoms with van der Waals surface area (Å²) in [5, 5.41) is 3.77. The Morgan fingerprint density at radius 2 is 1.69 bits per heavy atom. The Morgan fingerprint density at radius 1 is 1.00 bits per heavy atom. The standard InChI is InChI=1S/C21H16N2OS2/c1-14(19(24)16-10-6-3-7-11-16)26-21-18-17(15-8-4-2-5-9-15)12-25-20(18)22-13-23-21/h2-14H,1H3. The molecule has 0 saturated carbocycles. The summed E-state index contributed by atoms with van der Waals surface area (Å²) in [6, 6.07) is 19.6. The molecule has 1 atom stereocenters. The van der Waals surface area contributed by atoms with Crippen molar-refractivity contribution in [2.45, 2.75) is 17.2 Å². The number of carbonyl (C=O) groups is 1. The summed E-state index contributed by atoms with van der Waals surface area (Å²) in [6.07, 6.45) is 1.58. The van der Waals surface area contributed by atoms with E-state index in [1.54, 1.807) is 17.7 Å². The van der Waals surface area contributed by atoms with E-state index in [0.717, 1.165) is 31.9 Å². The second kappa shape index (κ2) is 7.40. The van der Waals surface area contributed by atoms with Crippen LogP contribution in [0, 0.1) is 0 Å². The van der Waals surface area contributed by atoms with Gasteiger partial charge < -0.3 is 0 Å². The van der Waals surface area contributed by atoms with Gasteiger partial charge in [-0.1, -0.05) is 72.4 Å². The van der Waals surface area contributed by atoms with Crippen molar-refractivity contribution in [3.8, 4) is 11.1 Å². The molecule has 0 spiro atoms. The van der Waals surface area contributed by atoms with Crippen molar-refractivity contribution in [3.63, 3.8) is 0 Å². The van der Waals surface area contributed by atoms with Gasteiger partial charge >= 0.3 is 0 Å². The van der Waals surface area contributed by atoms with E-state index in [1.165, 1.54) is 11.8 Å². The number of nitrogens with zero attached hydrogens (tertiary/aromatic N) is 2. The first kappa shape index (κ1) is 16.9. The molecule has 0 fully saturated rings. The van der Waals surface area contributed by atoms with Crippen molar-refractivity contribution in [3.05, 3.63) is 77.9 Å². The van der Waals surface area contributed by atoms with E-state index in [1.807, 2.05) is 55.5 Å². The van der Waals surface area contributed by atoms with Gasteiger partial charge in [0.1, 0.15) is 16.2 Å². The number of Topliss-reactive ketones (excluding diaryl/α,β-unsaturated/α-hetero) is 1. The lowest BCUT2D eigenvalue weighted by atomic mass is 10.1. The van der Waals surface area contributed by atoms with E-state index in [4.69, 9.17) is 0 Å². The highest BCUT2D eigenvalue weighted by molar-refractivity contribution is 8.00. The third kappa shape index (κ3) is 3.28. The molecule has 0 N–H and O–H groups in total. The lowest BCUT2D eigenvalue weighted by molar-refractivity contribution is 0.0994. The number of rotatable bonds is 5. The molecule has 0 aliphatic heterocycles. The molecule has 2 aromatic heterocycles. The zero-order chi connectivity index (χ0) is 17.9. The number of hydrogen-bond acceptors (Lipinski definition) is 5. The van der Waals surface area contributed by atoms with Crippen LogP contribution in [0.25, 0.3) is 21.3 Å². The van der Waals surface area contributed by atoms with Crippen LogP contribution in [0.4, 0.5) is 0 Å². The van der Waals surface area contributed by atoms with Crippen molar-refractivity contribution in [1.82, 2.24) is 9.97 Å². The Labute approximate surface area is 160 Å². The van der Waals surface area contributed by atoms with Crippen LogP contribution in [-0.2, 0) is 0 Å². The fourth-order valence-corrected chi connectivity index (χ4v) is 4.82. The van der Waals surface area contributed by atoms with Crippen molar-refractivity contribution >= 4 is 39.1 Å². The zero-order valence-corrected chi connectivity index (χ0v) is 15.8. The van der Waals surface area contributed by atoms with Crippen LogP contribution < -0.4 is 0 Å². The summed E-state index contributed by atoms with van der Waals surface area (Å²) in [7, 11) is 0. The number of benzene rings is 2. The Morgan fingerprint density at radius 3 is 2.42 bits per heavy atom. The molecule has 4 aromatic rings. The van der Waals surface area contributed by atoms with Gasteiger partial charge in [-0.05, 0) is 12.5 Å². The van der Waals surface area contributed by atoms with Gasteiger partial charge in [0.05, 0.1) is 10.6 Å². The minimum Gasteiger partial charge on any atom is -0.293 e. The third-order valence-electron chi connectivity index (χ3n) is 4.14. The highest BCUT2D eigenvalue weighted by Crippen LogP contribution is 2.39. The summed E-state index contributed by atoms with van der Waals surface area (Å²) in [6.45, 7) is 1.93. The Bertz CT molecular complexity index is 1050. The van der Waals surface area contributed by atoms with E-state index in [-0.39, 0.29) is 11.0 Å². The normalized spacial score (nSPS) is 12.2. The minimum absolute atomic E-state index is 0.110. The first-order valence-electron chi connectivity index (χ1n) is 8.27. The van der Waals surface area contributed by atoms with E-state index in [2.05, 4.69) is 27.5 Å². The van der Waals surface area contributed by atoms with Gasteiger partial charge in [0, 0.05) is 16.5 Å². The summed E-state index contributed by atoms with van der Waals surface area (Å²) in [5.74, 6) is 0.110. The average Bonchev–Trinajstić information content (AvgIpc) is 3.14. The van der Waals surface area contributed by atoms with E-state index >= 15 is 0 Å². The smallest absolute Gasteiger partial charge is 0.175 e. The van der Waals surface area contributed by atoms with Crippen molar-refractivity contribution in [2.24, 2.45) is 0 Å². The van der Waals surface area contributed by atoms with Crippen LogP contribution in [0.5, 0.6) is 0 Å². The van der Waals surface area contributed by atoms with Crippen LogP contribution in [0.3, 0.4) is 0 Å². The molecular formula is C21H16N2OS2. The van der Waals surface area contributed by atoms with Crippen LogP contribution in [-0.4, -0.2) is 21.0 Å². The van der Waals surface area contributed by atoms with Crippen molar-refractivity contribution in [2.75, 3.05) is 0 Å². The predicted octanol–water partition coefficient (Wildman–Crippen LogP) is 5.72. The fraction of sp³-hybridized carbons (Fsp3) is 0.0952. The van der Waals surface area contributed by atoms with Crippen LogP contribution in [0.2, 0.25) is 0 Å². The Balaban J connectivity index is 1.71. The second-order valence-electron chi connectivity index (χ2n) is 5.86. The van der Waals surface area contributed by atoms with Crippen LogP contribution >= 0.6 is 23.1 Å². The second-order valence-corrected chi connectivity index (χ2v) is 8.05. The van der Waals surface area contributed by atoms with E-state index in [0.29, 0.717) is 0 Å². The van der Waals surface area contributed by atoms with E-state index in [9.17, 15) is 4.79 Å². The highest BCUT2D eigenvalue weighted by Gasteiger charge is 2.20. The summed E-state index contributed by atoms with van der Waals surface area (Å²) < 4.78 is 0. The number of aromatic nitrogens is 2. The molecule has 0 saturated heterocycles. The van der Waals surface area contributed by atoms with Crippen molar-refractivity contribution in [1.29, 1.82) is 0 Å². The van der Waals surface area contributed by atoms with Gasteiger partial charge in [-0.2, -0.15) is 0 Å². The molecule has 0 bridgehead atoms. The first-order chi connectivity index (χ1) is 12.7. The van der Waals surface area contributed by atoms with Crippen molar-refractivity contribution < 1.29 is 4.79 Å². The lowest BCUT2D eigenvalue weighted by Gasteiger charge is -2.11. The maximum absolute atomic E-state index is 12.7. The molecule has 0 aliphatic carbocycles. The van der Waals surface area contributed by atoms with Gasteiger partial charge in [0.25, 0.3) is 0 Å². The number of thiophene rings is 1. The van der Waals surface area contributed by atoms with E-state index < -0.39 is 0 Å². The molecule has 2 aromatic carbocycles. The number of carbonyl (C=O) groups excluding carboxylic acids is 1. The van der Waals surface area contributed by atoms with Crippen LogP contribution in [0.15, 0.2) is 77.4 Å². The SMILES string of the molecule is CC(Sc1ncnc2scc(-c3ccccc3)c12)C(=O)c1ccccc1. The largest absolute Gasteiger partial charge is 0.293 e. The predicted molar refractivity (Wildman–Crippen MR) is 109 cm³/mol. The molecular weight excluding hydrogens is 360 g/mol. The molecule has 0 amide bonds. The third-order valence-corrected chi connectivity index (χ3v) is 6.12. The van der Waals surface area contributed by atoms with Gasteiger partial charge in [-0.3, -0.25) is 4.79 Å². The number of fused-ring (bicyclic) bond motifs is 1. The number of thioether (sulfide) groups is 1. The molecule has 0 aliphatic rings. The number of ketones is 1. The molecule has 3 nitrogen and oxygen atoms in total. The monoisotopic (exact) mass is 376 g/mol. The first-order valence-corrected chi connectivity index (χ1v) is 10.0. The Kier molecular flexibility index (Phi) is 4.82. The molecule has 2 heterocycles. The molecule has 5 heteroatoms. The highest BCUT2D eigenvalue weighted by atomic mass is 32.2. The molecule has 1 unspecified atom stereocenters. The lowest BCUT2D eigenvalue weighted by Crippen LogP contribution is -2.13. The molecule has 128 valence electrons. The molecule has 4 rings (SSSR count). The topological polar surface area (TPSA) is 42.9 Å². The molecule has 0 radical (unpaired) electrons. The summed E-state index contributed by atoms with van der Waals surface area (Å²) in [5.41, 5.74) is 2.98. The average molecular weight is 377 g/mol. The van der Waals surface area contributed by atoms with Gasteiger partial charge in [0.2, 0.25) is 0 Å². The van der Waals surface area contributed by atoms with Gasteiger partial charge in [-0.15, -0.1) is 11.3 Å². The maximum atomic E-state index is 12.7. The van der Waals surface area contributed by atoms with Gasteiger partial charge in [-0.25, -0.2) is 9.97 Å². The molecule has 26 heavy (non-hydrogen) atoms.